The lowest BCUT2D eigenvalue weighted by Gasteiger charge is -2.25. The Balaban J connectivity index is 2.33. The molecule has 0 amide bonds. The molecule has 0 aliphatic heterocycles. The van der Waals surface area contributed by atoms with E-state index < -0.39 is 17.6 Å². The number of alkyl halides is 3. The van der Waals surface area contributed by atoms with Gasteiger partial charge in [0.2, 0.25) is 0 Å². The highest BCUT2D eigenvalue weighted by Gasteiger charge is 2.38. The summed E-state index contributed by atoms with van der Waals surface area (Å²) in [5.74, 6) is 0. The van der Waals surface area contributed by atoms with E-state index in [1.807, 2.05) is 0 Å². The lowest BCUT2D eigenvalue weighted by molar-refractivity contribution is -0.384. The first-order valence-corrected chi connectivity index (χ1v) is 5.64. The van der Waals surface area contributed by atoms with Crippen LogP contribution in [0.1, 0.15) is 12.8 Å². The first kappa shape index (κ1) is 13.4. The third kappa shape index (κ3) is 3.49. The van der Waals surface area contributed by atoms with Gasteiger partial charge in [-0.25, -0.2) is 0 Å². The number of nitrogens with zero attached hydrogens (tertiary/aromatic N) is 2. The quantitative estimate of drug-likeness (QED) is 0.521. The number of halogens is 3. The Kier molecular flexibility index (Phi) is 3.25. The summed E-state index contributed by atoms with van der Waals surface area (Å²) in [4.78, 5) is 11.2. The van der Waals surface area contributed by atoms with Gasteiger partial charge in [-0.15, -0.1) is 0 Å². The summed E-state index contributed by atoms with van der Waals surface area (Å²) in [6.45, 7) is -1.13. The third-order valence-corrected chi connectivity index (χ3v) is 2.80. The predicted molar refractivity (Wildman–Crippen MR) is 63.9 cm³/mol. The van der Waals surface area contributed by atoms with Gasteiger partial charge in [0.05, 0.1) is 4.92 Å². The molecule has 19 heavy (non-hydrogen) atoms. The van der Waals surface area contributed by atoms with Gasteiger partial charge in [-0.1, -0.05) is 0 Å². The molecule has 0 saturated heterocycles. The largest absolute Gasteiger partial charge is 0.405 e. The number of nitro benzene ring substituents is 1. The van der Waals surface area contributed by atoms with E-state index in [9.17, 15) is 23.3 Å². The molecule has 2 N–H and O–H groups in total. The highest BCUT2D eigenvalue weighted by atomic mass is 19.4. The second kappa shape index (κ2) is 4.60. The molecule has 1 aliphatic rings. The molecule has 1 fully saturated rings. The van der Waals surface area contributed by atoms with Gasteiger partial charge in [0.25, 0.3) is 5.69 Å². The van der Waals surface area contributed by atoms with Crippen LogP contribution >= 0.6 is 0 Å². The number of non-ortho nitro benzene ring substituents is 1. The zero-order chi connectivity index (χ0) is 14.2. The Morgan fingerprint density at radius 1 is 1.37 bits per heavy atom. The van der Waals surface area contributed by atoms with E-state index in [4.69, 9.17) is 5.73 Å². The Hall–Kier alpha value is -1.99. The molecule has 1 aliphatic carbocycles. The van der Waals surface area contributed by atoms with Gasteiger partial charge in [-0.05, 0) is 18.9 Å². The minimum atomic E-state index is -4.36. The van der Waals surface area contributed by atoms with Gasteiger partial charge < -0.3 is 10.6 Å². The highest BCUT2D eigenvalue weighted by Crippen LogP contribution is 2.36. The topological polar surface area (TPSA) is 72.4 Å². The van der Waals surface area contributed by atoms with Crippen molar-refractivity contribution in [3.05, 3.63) is 28.3 Å². The number of rotatable bonds is 4. The molecule has 0 heterocycles. The molecule has 0 spiro atoms. The normalized spacial score (nSPS) is 15.3. The number of anilines is 2. The van der Waals surface area contributed by atoms with Crippen LogP contribution in [0, 0.1) is 10.1 Å². The number of benzene rings is 1. The second-order valence-corrected chi connectivity index (χ2v) is 4.51. The fourth-order valence-electron chi connectivity index (χ4n) is 1.90. The van der Waals surface area contributed by atoms with Crippen LogP contribution in [0.2, 0.25) is 0 Å². The lowest BCUT2D eigenvalue weighted by atomic mass is 10.2. The molecular formula is C11H12F3N3O2. The molecule has 1 aromatic rings. The van der Waals surface area contributed by atoms with Crippen molar-refractivity contribution < 1.29 is 18.1 Å². The third-order valence-electron chi connectivity index (χ3n) is 2.80. The van der Waals surface area contributed by atoms with Crippen molar-refractivity contribution in [3.63, 3.8) is 0 Å². The van der Waals surface area contributed by atoms with Crippen molar-refractivity contribution in [3.8, 4) is 0 Å². The molecular weight excluding hydrogens is 263 g/mol. The van der Waals surface area contributed by atoms with E-state index >= 15 is 0 Å². The van der Waals surface area contributed by atoms with Crippen LogP contribution in [0.4, 0.5) is 30.2 Å². The number of nitrogens with two attached hydrogens (primary N) is 1. The highest BCUT2D eigenvalue weighted by molar-refractivity contribution is 5.63. The van der Waals surface area contributed by atoms with Crippen molar-refractivity contribution in [2.75, 3.05) is 17.2 Å². The lowest BCUT2D eigenvalue weighted by Crippen LogP contribution is -2.36. The Labute approximate surface area is 106 Å². The van der Waals surface area contributed by atoms with Crippen LogP contribution in [0.3, 0.4) is 0 Å². The van der Waals surface area contributed by atoms with E-state index in [0.29, 0.717) is 12.8 Å². The minimum absolute atomic E-state index is 0.0806. The van der Waals surface area contributed by atoms with Crippen LogP contribution in [-0.4, -0.2) is 23.7 Å². The van der Waals surface area contributed by atoms with E-state index in [1.165, 1.54) is 6.07 Å². The molecule has 0 unspecified atom stereocenters. The van der Waals surface area contributed by atoms with Crippen LogP contribution in [0.5, 0.6) is 0 Å². The summed E-state index contributed by atoms with van der Waals surface area (Å²) in [6.07, 6.45) is -3.06. The Bertz CT molecular complexity index is 500. The van der Waals surface area contributed by atoms with Crippen LogP contribution in [0.25, 0.3) is 0 Å². The van der Waals surface area contributed by atoms with E-state index in [1.54, 1.807) is 0 Å². The number of hydrogen-bond donors (Lipinski definition) is 1. The van der Waals surface area contributed by atoms with Gasteiger partial charge in [0, 0.05) is 29.5 Å². The van der Waals surface area contributed by atoms with Crippen LogP contribution in [0.15, 0.2) is 18.2 Å². The minimum Gasteiger partial charge on any atom is -0.398 e. The van der Waals surface area contributed by atoms with E-state index in [-0.39, 0.29) is 23.1 Å². The van der Waals surface area contributed by atoms with Crippen molar-refractivity contribution in [2.45, 2.75) is 25.1 Å². The fourth-order valence-corrected chi connectivity index (χ4v) is 1.90. The molecule has 104 valence electrons. The van der Waals surface area contributed by atoms with Crippen LogP contribution < -0.4 is 10.6 Å². The standard InChI is InChI=1S/C11H12F3N3O2/c12-11(13,14)6-16(8-1-2-8)9-3-7(15)4-10(5-9)17(18)19/h3-5,8H,1-2,6,15H2. The van der Waals surface area contributed by atoms with Crippen molar-refractivity contribution in [1.29, 1.82) is 0 Å². The molecule has 5 nitrogen and oxygen atoms in total. The summed E-state index contributed by atoms with van der Waals surface area (Å²) in [5.41, 5.74) is 5.43. The maximum Gasteiger partial charge on any atom is 0.405 e. The molecule has 0 aromatic heterocycles. The molecule has 0 atom stereocenters. The molecule has 1 saturated carbocycles. The Morgan fingerprint density at radius 3 is 2.47 bits per heavy atom. The summed E-state index contributed by atoms with van der Waals surface area (Å²) in [7, 11) is 0. The Morgan fingerprint density at radius 2 is 2.00 bits per heavy atom. The SMILES string of the molecule is Nc1cc(N(CC(F)(F)F)C2CC2)cc([N+](=O)[O-])c1. The summed E-state index contributed by atoms with van der Waals surface area (Å²) in [6, 6.07) is 3.36. The van der Waals surface area contributed by atoms with Gasteiger partial charge in [-0.3, -0.25) is 10.1 Å². The predicted octanol–water partition coefficient (Wildman–Crippen LogP) is 2.71. The molecule has 1 aromatic carbocycles. The van der Waals surface area contributed by atoms with E-state index in [2.05, 4.69) is 0 Å². The number of nitrogen functional groups attached to an aromatic ring is 1. The van der Waals surface area contributed by atoms with Crippen LogP contribution in [-0.2, 0) is 0 Å². The van der Waals surface area contributed by atoms with Gasteiger partial charge in [-0.2, -0.15) is 13.2 Å². The first-order valence-electron chi connectivity index (χ1n) is 5.64. The van der Waals surface area contributed by atoms with E-state index in [0.717, 1.165) is 17.0 Å². The second-order valence-electron chi connectivity index (χ2n) is 4.51. The van der Waals surface area contributed by atoms with Crippen molar-refractivity contribution in [2.24, 2.45) is 0 Å². The molecule has 2 rings (SSSR count). The summed E-state index contributed by atoms with van der Waals surface area (Å²) < 4.78 is 37.6. The molecule has 0 bridgehead atoms. The zero-order valence-electron chi connectivity index (χ0n) is 9.85. The summed E-state index contributed by atoms with van der Waals surface area (Å²) in [5, 5.41) is 10.7. The van der Waals surface area contributed by atoms with Crippen molar-refractivity contribution in [1.82, 2.24) is 0 Å². The maximum absolute atomic E-state index is 12.5. The van der Waals surface area contributed by atoms with Gasteiger partial charge in [0.1, 0.15) is 6.54 Å². The number of hydrogen-bond acceptors (Lipinski definition) is 4. The molecule has 8 heteroatoms. The average molecular weight is 275 g/mol. The first-order chi connectivity index (χ1) is 8.76. The average Bonchev–Trinajstić information content (AvgIpc) is 3.07. The van der Waals surface area contributed by atoms with Gasteiger partial charge >= 0.3 is 6.18 Å². The fraction of sp³-hybridized carbons (Fsp3) is 0.455. The smallest absolute Gasteiger partial charge is 0.398 e. The number of nitro groups is 1. The van der Waals surface area contributed by atoms with Crippen molar-refractivity contribution >= 4 is 17.1 Å². The monoisotopic (exact) mass is 275 g/mol. The summed E-state index contributed by atoms with van der Waals surface area (Å²) >= 11 is 0. The molecule has 0 radical (unpaired) electrons. The maximum atomic E-state index is 12.5. The van der Waals surface area contributed by atoms with Gasteiger partial charge in [0.15, 0.2) is 0 Å². The zero-order valence-corrected chi connectivity index (χ0v) is 9.85.